The Bertz CT molecular complexity index is 671. The van der Waals surface area contributed by atoms with Gasteiger partial charge in [-0.1, -0.05) is 0 Å². The Morgan fingerprint density at radius 3 is 2.85 bits per heavy atom. The van der Waals surface area contributed by atoms with Gasteiger partial charge in [0.15, 0.2) is 0 Å². The van der Waals surface area contributed by atoms with Crippen molar-refractivity contribution in [2.24, 2.45) is 0 Å². The van der Waals surface area contributed by atoms with E-state index in [1.165, 1.54) is 12.8 Å². The van der Waals surface area contributed by atoms with Crippen LogP contribution in [0, 0.1) is 10.1 Å². The lowest BCUT2D eigenvalue weighted by atomic mass is 10.1. The van der Waals surface area contributed by atoms with Crippen molar-refractivity contribution in [3.63, 3.8) is 0 Å². The highest BCUT2D eigenvalue weighted by Gasteiger charge is 2.41. The average Bonchev–Trinajstić information content (AvgIpc) is 3.25. The molecule has 0 radical (unpaired) electrons. The van der Waals surface area contributed by atoms with Gasteiger partial charge in [0.25, 0.3) is 5.69 Å². The van der Waals surface area contributed by atoms with E-state index in [2.05, 4.69) is 16.6 Å². The molecule has 3 rings (SSSR count). The molecule has 1 fully saturated rings. The maximum Gasteiger partial charge on any atom is 0.278 e. The maximum atomic E-state index is 11.1. The van der Waals surface area contributed by atoms with Crippen LogP contribution in [0.2, 0.25) is 0 Å². The minimum Gasteiger partial charge on any atom is -0.383 e. The Morgan fingerprint density at radius 1 is 1.40 bits per heavy atom. The molecule has 0 bridgehead atoms. The molecule has 6 heteroatoms. The number of nitro groups is 1. The first-order valence-corrected chi connectivity index (χ1v) is 7.68. The zero-order valence-corrected chi connectivity index (χ0v) is 11.9. The van der Waals surface area contributed by atoms with Crippen LogP contribution in [0.3, 0.4) is 0 Å². The van der Waals surface area contributed by atoms with Gasteiger partial charge in [0.2, 0.25) is 0 Å². The van der Waals surface area contributed by atoms with E-state index in [-0.39, 0.29) is 10.6 Å². The predicted octanol–water partition coefficient (Wildman–Crippen LogP) is 3.45. The van der Waals surface area contributed by atoms with Gasteiger partial charge in [-0.25, -0.2) is 0 Å². The van der Waals surface area contributed by atoms with E-state index in [1.54, 1.807) is 24.5 Å². The summed E-state index contributed by atoms with van der Waals surface area (Å²) in [6.45, 7) is 0.892. The molecule has 1 heterocycles. The fourth-order valence-electron chi connectivity index (χ4n) is 2.34. The molecule has 0 aliphatic heterocycles. The van der Waals surface area contributed by atoms with Crippen molar-refractivity contribution in [3.05, 3.63) is 40.7 Å². The van der Waals surface area contributed by atoms with Gasteiger partial charge in [-0.05, 0) is 31.2 Å². The molecule has 1 aliphatic carbocycles. The second-order valence-corrected chi connectivity index (χ2v) is 6.33. The Balaban J connectivity index is 1.96. The SMILES string of the molecule is CSC1(CNc2ccc([N+](=O)[O-])c3cnccc23)CC1. The molecule has 0 amide bonds. The van der Waals surface area contributed by atoms with E-state index in [9.17, 15) is 10.1 Å². The van der Waals surface area contributed by atoms with Crippen LogP contribution in [-0.4, -0.2) is 27.5 Å². The van der Waals surface area contributed by atoms with Crippen molar-refractivity contribution >= 4 is 33.9 Å². The van der Waals surface area contributed by atoms with E-state index in [0.717, 1.165) is 17.6 Å². The van der Waals surface area contributed by atoms with Crippen LogP contribution < -0.4 is 5.32 Å². The number of non-ortho nitro benzene ring substituents is 1. The van der Waals surface area contributed by atoms with Crippen molar-refractivity contribution in [2.45, 2.75) is 17.6 Å². The molecule has 1 aliphatic rings. The van der Waals surface area contributed by atoms with Gasteiger partial charge in [0, 0.05) is 40.8 Å². The lowest BCUT2D eigenvalue weighted by Gasteiger charge is -2.15. The number of nitrogens with one attached hydrogen (secondary N) is 1. The molecule has 104 valence electrons. The van der Waals surface area contributed by atoms with Gasteiger partial charge in [0.1, 0.15) is 0 Å². The molecule has 1 aromatic heterocycles. The van der Waals surface area contributed by atoms with Crippen LogP contribution in [-0.2, 0) is 0 Å². The number of rotatable bonds is 5. The van der Waals surface area contributed by atoms with Crippen molar-refractivity contribution in [1.82, 2.24) is 4.98 Å². The van der Waals surface area contributed by atoms with E-state index >= 15 is 0 Å². The van der Waals surface area contributed by atoms with Crippen molar-refractivity contribution in [1.29, 1.82) is 0 Å². The Hall–Kier alpha value is -1.82. The fourth-order valence-corrected chi connectivity index (χ4v) is 3.06. The van der Waals surface area contributed by atoms with Crippen LogP contribution in [0.4, 0.5) is 11.4 Å². The molecular weight excluding hydrogens is 274 g/mol. The third-order valence-corrected chi connectivity index (χ3v) is 5.25. The number of fused-ring (bicyclic) bond motifs is 1. The number of hydrogen-bond donors (Lipinski definition) is 1. The van der Waals surface area contributed by atoms with Gasteiger partial charge in [0.05, 0.1) is 10.3 Å². The summed E-state index contributed by atoms with van der Waals surface area (Å²) in [5, 5.41) is 15.9. The first kappa shape index (κ1) is 13.2. The van der Waals surface area contributed by atoms with E-state index in [1.807, 2.05) is 17.8 Å². The molecule has 2 aromatic rings. The molecule has 0 saturated heterocycles. The lowest BCUT2D eigenvalue weighted by molar-refractivity contribution is -0.383. The quantitative estimate of drug-likeness (QED) is 0.674. The van der Waals surface area contributed by atoms with Gasteiger partial charge < -0.3 is 5.32 Å². The first-order chi connectivity index (χ1) is 9.65. The molecule has 0 atom stereocenters. The van der Waals surface area contributed by atoms with Crippen LogP contribution in [0.15, 0.2) is 30.6 Å². The molecule has 20 heavy (non-hydrogen) atoms. The smallest absolute Gasteiger partial charge is 0.278 e. The third kappa shape index (κ3) is 2.31. The number of benzene rings is 1. The largest absolute Gasteiger partial charge is 0.383 e. The molecular formula is C14H15N3O2S. The number of aromatic nitrogens is 1. The average molecular weight is 289 g/mol. The number of anilines is 1. The highest BCUT2D eigenvalue weighted by molar-refractivity contribution is 8.00. The number of pyridine rings is 1. The normalized spacial score (nSPS) is 16.1. The van der Waals surface area contributed by atoms with Crippen molar-refractivity contribution < 1.29 is 4.92 Å². The van der Waals surface area contributed by atoms with Crippen molar-refractivity contribution in [2.75, 3.05) is 18.1 Å². The molecule has 0 spiro atoms. The Kier molecular flexibility index (Phi) is 3.25. The highest BCUT2D eigenvalue weighted by Crippen LogP contribution is 2.47. The standard InChI is InChI=1S/C14H15N3O2S/c1-20-14(5-6-14)9-16-12-2-3-13(17(18)19)11-8-15-7-4-10(11)12/h2-4,7-8,16H,5-6,9H2,1H3. The first-order valence-electron chi connectivity index (χ1n) is 6.45. The Morgan fingerprint density at radius 2 is 2.20 bits per heavy atom. The summed E-state index contributed by atoms with van der Waals surface area (Å²) in [6.07, 6.45) is 7.81. The zero-order chi connectivity index (χ0) is 14.2. The summed E-state index contributed by atoms with van der Waals surface area (Å²) in [7, 11) is 0. The van der Waals surface area contributed by atoms with E-state index in [0.29, 0.717) is 10.1 Å². The highest BCUT2D eigenvalue weighted by atomic mass is 32.2. The summed E-state index contributed by atoms with van der Waals surface area (Å²) in [5.41, 5.74) is 1.04. The summed E-state index contributed by atoms with van der Waals surface area (Å²) in [4.78, 5) is 14.7. The maximum absolute atomic E-state index is 11.1. The zero-order valence-electron chi connectivity index (χ0n) is 11.1. The number of hydrogen-bond acceptors (Lipinski definition) is 5. The number of nitro benzene ring substituents is 1. The Labute approximate surface area is 120 Å². The molecule has 5 nitrogen and oxygen atoms in total. The lowest BCUT2D eigenvalue weighted by Crippen LogP contribution is -2.17. The molecule has 0 unspecified atom stereocenters. The van der Waals surface area contributed by atoms with Crippen LogP contribution in [0.1, 0.15) is 12.8 Å². The summed E-state index contributed by atoms with van der Waals surface area (Å²) in [5.74, 6) is 0. The van der Waals surface area contributed by atoms with Crippen LogP contribution in [0.5, 0.6) is 0 Å². The molecule has 1 aromatic carbocycles. The topological polar surface area (TPSA) is 68.1 Å². The van der Waals surface area contributed by atoms with E-state index in [4.69, 9.17) is 0 Å². The number of thioether (sulfide) groups is 1. The van der Waals surface area contributed by atoms with Gasteiger partial charge in [-0.15, -0.1) is 0 Å². The minimum atomic E-state index is -0.363. The second-order valence-electron chi connectivity index (χ2n) is 5.05. The van der Waals surface area contributed by atoms with Gasteiger partial charge in [-0.3, -0.25) is 15.1 Å². The fraction of sp³-hybridized carbons (Fsp3) is 0.357. The van der Waals surface area contributed by atoms with Crippen molar-refractivity contribution in [3.8, 4) is 0 Å². The van der Waals surface area contributed by atoms with Crippen LogP contribution >= 0.6 is 11.8 Å². The summed E-state index contributed by atoms with van der Waals surface area (Å²) in [6, 6.07) is 5.16. The third-order valence-electron chi connectivity index (χ3n) is 3.83. The van der Waals surface area contributed by atoms with Gasteiger partial charge in [-0.2, -0.15) is 11.8 Å². The second kappa shape index (κ2) is 4.94. The van der Waals surface area contributed by atoms with Crippen LogP contribution in [0.25, 0.3) is 10.8 Å². The monoisotopic (exact) mass is 289 g/mol. The summed E-state index contributed by atoms with van der Waals surface area (Å²) < 4.78 is 0.348. The molecule has 1 N–H and O–H groups in total. The number of nitrogens with zero attached hydrogens (tertiary/aromatic N) is 2. The van der Waals surface area contributed by atoms with Gasteiger partial charge >= 0.3 is 0 Å². The summed E-state index contributed by atoms with van der Waals surface area (Å²) >= 11 is 1.89. The van der Waals surface area contributed by atoms with E-state index < -0.39 is 0 Å². The molecule has 1 saturated carbocycles. The minimum absolute atomic E-state index is 0.102. The predicted molar refractivity (Wildman–Crippen MR) is 82.4 cm³/mol.